The molecule has 1 aliphatic rings. The highest BCUT2D eigenvalue weighted by Crippen LogP contribution is 2.31. The third kappa shape index (κ3) is 4.29. The van der Waals surface area contributed by atoms with E-state index in [0.717, 1.165) is 29.6 Å². The molecule has 122 valence electrons. The fraction of sp³-hybridized carbons (Fsp3) is 0.588. The molecular weight excluding hydrogens is 278 g/mol. The fourth-order valence-corrected chi connectivity index (χ4v) is 2.83. The van der Waals surface area contributed by atoms with Gasteiger partial charge in [0, 0.05) is 18.2 Å². The second-order valence-corrected chi connectivity index (χ2v) is 5.47. The maximum Gasteiger partial charge on any atom is 0.191 e. The Bertz CT molecular complexity index is 497. The van der Waals surface area contributed by atoms with Crippen molar-refractivity contribution in [3.8, 4) is 11.5 Å². The van der Waals surface area contributed by atoms with Crippen LogP contribution in [-0.4, -0.2) is 32.8 Å². The van der Waals surface area contributed by atoms with Gasteiger partial charge in [0.25, 0.3) is 0 Å². The van der Waals surface area contributed by atoms with Gasteiger partial charge in [0.1, 0.15) is 0 Å². The molecule has 1 aromatic carbocycles. The minimum atomic E-state index is 0.546. The van der Waals surface area contributed by atoms with Gasteiger partial charge in [-0.15, -0.1) is 0 Å². The van der Waals surface area contributed by atoms with Crippen molar-refractivity contribution in [1.29, 1.82) is 0 Å². The number of rotatable bonds is 6. The monoisotopic (exact) mass is 305 g/mol. The third-order valence-corrected chi connectivity index (χ3v) is 3.93. The van der Waals surface area contributed by atoms with Gasteiger partial charge in [0.2, 0.25) is 0 Å². The van der Waals surface area contributed by atoms with Gasteiger partial charge in [-0.25, -0.2) is 4.99 Å². The number of hydrogen-bond acceptors (Lipinski definition) is 3. The van der Waals surface area contributed by atoms with E-state index in [1.165, 1.54) is 25.7 Å². The Morgan fingerprint density at radius 2 is 2.00 bits per heavy atom. The predicted molar refractivity (Wildman–Crippen MR) is 89.8 cm³/mol. The summed E-state index contributed by atoms with van der Waals surface area (Å²) in [6.45, 7) is 3.49. The van der Waals surface area contributed by atoms with E-state index in [-0.39, 0.29) is 0 Å². The molecule has 1 saturated carbocycles. The molecule has 0 unspecified atom stereocenters. The molecule has 22 heavy (non-hydrogen) atoms. The van der Waals surface area contributed by atoms with E-state index in [9.17, 15) is 0 Å². The molecule has 1 aliphatic carbocycles. The van der Waals surface area contributed by atoms with E-state index in [1.807, 2.05) is 18.2 Å². The Hall–Kier alpha value is -1.91. The molecule has 5 heteroatoms. The minimum absolute atomic E-state index is 0.546. The van der Waals surface area contributed by atoms with Gasteiger partial charge in [-0.05, 0) is 25.8 Å². The summed E-state index contributed by atoms with van der Waals surface area (Å²) in [6.07, 6.45) is 5.07. The second-order valence-electron chi connectivity index (χ2n) is 5.47. The van der Waals surface area contributed by atoms with Gasteiger partial charge in [0.15, 0.2) is 17.5 Å². The molecule has 0 saturated heterocycles. The quantitative estimate of drug-likeness (QED) is 0.627. The number of nitrogens with zero attached hydrogens (tertiary/aromatic N) is 1. The van der Waals surface area contributed by atoms with Gasteiger partial charge in [-0.3, -0.25) is 0 Å². The standard InChI is InChI=1S/C17H27N3O2/c1-4-18-17(20-14-9-5-6-10-14)19-12-13-8-7-11-15(21-2)16(13)22-3/h7-8,11,14H,4-6,9-10,12H2,1-3H3,(H2,18,19,20). The average molecular weight is 305 g/mol. The molecule has 1 aromatic rings. The number of para-hydroxylation sites is 1. The molecule has 0 atom stereocenters. The maximum absolute atomic E-state index is 5.46. The molecule has 2 N–H and O–H groups in total. The number of methoxy groups -OCH3 is 2. The summed E-state index contributed by atoms with van der Waals surface area (Å²) in [5.74, 6) is 2.37. The molecular formula is C17H27N3O2. The van der Waals surface area contributed by atoms with Crippen LogP contribution in [0.2, 0.25) is 0 Å². The summed E-state index contributed by atoms with van der Waals surface area (Å²) in [5, 5.41) is 6.83. The summed E-state index contributed by atoms with van der Waals surface area (Å²) in [7, 11) is 3.31. The Labute approximate surface area is 133 Å². The van der Waals surface area contributed by atoms with E-state index in [1.54, 1.807) is 14.2 Å². The van der Waals surface area contributed by atoms with Crippen LogP contribution in [0.3, 0.4) is 0 Å². The van der Waals surface area contributed by atoms with Gasteiger partial charge in [0.05, 0.1) is 20.8 Å². The zero-order chi connectivity index (χ0) is 15.8. The number of hydrogen-bond donors (Lipinski definition) is 2. The van der Waals surface area contributed by atoms with Crippen LogP contribution >= 0.6 is 0 Å². The van der Waals surface area contributed by atoms with Crippen molar-refractivity contribution >= 4 is 5.96 Å². The summed E-state index contributed by atoms with van der Waals surface area (Å²) in [6, 6.07) is 6.42. The van der Waals surface area contributed by atoms with Crippen LogP contribution < -0.4 is 20.1 Å². The largest absolute Gasteiger partial charge is 0.493 e. The summed E-state index contributed by atoms with van der Waals surface area (Å²) < 4.78 is 10.8. The maximum atomic E-state index is 5.46. The van der Waals surface area contributed by atoms with E-state index in [0.29, 0.717) is 12.6 Å². The summed E-state index contributed by atoms with van der Waals surface area (Å²) in [4.78, 5) is 4.69. The van der Waals surface area contributed by atoms with Gasteiger partial charge in [-0.1, -0.05) is 25.0 Å². The van der Waals surface area contributed by atoms with Gasteiger partial charge < -0.3 is 20.1 Å². The SMILES string of the molecule is CCNC(=NCc1cccc(OC)c1OC)NC1CCCC1. The van der Waals surface area contributed by atoms with Crippen molar-refractivity contribution in [3.63, 3.8) is 0 Å². The second kappa shape index (κ2) is 8.51. The number of guanidine groups is 1. The first-order chi connectivity index (χ1) is 10.8. The van der Waals surface area contributed by atoms with E-state index < -0.39 is 0 Å². The molecule has 5 nitrogen and oxygen atoms in total. The summed E-state index contributed by atoms with van der Waals surface area (Å²) >= 11 is 0. The lowest BCUT2D eigenvalue weighted by atomic mass is 10.2. The Morgan fingerprint density at radius 3 is 2.64 bits per heavy atom. The van der Waals surface area contributed by atoms with E-state index >= 15 is 0 Å². The van der Waals surface area contributed by atoms with E-state index in [2.05, 4.69) is 17.6 Å². The molecule has 2 rings (SSSR count). The van der Waals surface area contributed by atoms with Crippen LogP contribution in [0.1, 0.15) is 38.2 Å². The number of ether oxygens (including phenoxy) is 2. The molecule has 0 heterocycles. The molecule has 0 radical (unpaired) electrons. The Kier molecular flexibility index (Phi) is 6.37. The number of aliphatic imine (C=N–C) groups is 1. The highest BCUT2D eigenvalue weighted by Gasteiger charge is 2.16. The molecule has 0 spiro atoms. The van der Waals surface area contributed by atoms with Gasteiger partial charge in [-0.2, -0.15) is 0 Å². The van der Waals surface area contributed by atoms with Crippen molar-refractivity contribution < 1.29 is 9.47 Å². The van der Waals surface area contributed by atoms with Crippen molar-refractivity contribution in [3.05, 3.63) is 23.8 Å². The smallest absolute Gasteiger partial charge is 0.191 e. The van der Waals surface area contributed by atoms with Crippen molar-refractivity contribution in [2.45, 2.75) is 45.2 Å². The fourth-order valence-electron chi connectivity index (χ4n) is 2.83. The normalized spacial score (nSPS) is 15.7. The summed E-state index contributed by atoms with van der Waals surface area (Å²) in [5.41, 5.74) is 1.02. The van der Waals surface area contributed by atoms with Crippen LogP contribution in [0, 0.1) is 0 Å². The molecule has 0 aromatic heterocycles. The van der Waals surface area contributed by atoms with E-state index in [4.69, 9.17) is 14.5 Å². The van der Waals surface area contributed by atoms with Crippen LogP contribution in [0.4, 0.5) is 0 Å². The first-order valence-corrected chi connectivity index (χ1v) is 8.03. The van der Waals surface area contributed by atoms with Crippen LogP contribution in [0.5, 0.6) is 11.5 Å². The van der Waals surface area contributed by atoms with Crippen LogP contribution in [0.15, 0.2) is 23.2 Å². The first-order valence-electron chi connectivity index (χ1n) is 8.03. The number of benzene rings is 1. The van der Waals surface area contributed by atoms with Crippen LogP contribution in [-0.2, 0) is 6.54 Å². The zero-order valence-electron chi connectivity index (χ0n) is 13.8. The zero-order valence-corrected chi connectivity index (χ0v) is 13.8. The lowest BCUT2D eigenvalue weighted by molar-refractivity contribution is 0.352. The van der Waals surface area contributed by atoms with Crippen LogP contribution in [0.25, 0.3) is 0 Å². The highest BCUT2D eigenvalue weighted by atomic mass is 16.5. The molecule has 1 fully saturated rings. The lowest BCUT2D eigenvalue weighted by Crippen LogP contribution is -2.42. The van der Waals surface area contributed by atoms with Crippen molar-refractivity contribution in [2.24, 2.45) is 4.99 Å². The average Bonchev–Trinajstić information content (AvgIpc) is 3.05. The first kappa shape index (κ1) is 16.5. The topological polar surface area (TPSA) is 54.9 Å². The van der Waals surface area contributed by atoms with Crippen molar-refractivity contribution in [1.82, 2.24) is 10.6 Å². The molecule has 0 aliphatic heterocycles. The Morgan fingerprint density at radius 1 is 1.23 bits per heavy atom. The highest BCUT2D eigenvalue weighted by molar-refractivity contribution is 5.80. The predicted octanol–water partition coefficient (Wildman–Crippen LogP) is 2.70. The number of nitrogens with one attached hydrogen (secondary N) is 2. The third-order valence-electron chi connectivity index (χ3n) is 3.93. The molecule has 0 bridgehead atoms. The Balaban J connectivity index is 2.09. The molecule has 0 amide bonds. The van der Waals surface area contributed by atoms with Crippen molar-refractivity contribution in [2.75, 3.05) is 20.8 Å². The minimum Gasteiger partial charge on any atom is -0.493 e. The lowest BCUT2D eigenvalue weighted by Gasteiger charge is -2.17. The van der Waals surface area contributed by atoms with Gasteiger partial charge >= 0.3 is 0 Å².